The lowest BCUT2D eigenvalue weighted by molar-refractivity contribution is -0.141. The van der Waals surface area contributed by atoms with Crippen LogP contribution in [0.3, 0.4) is 0 Å². The third-order valence-electron chi connectivity index (χ3n) is 5.38. The van der Waals surface area contributed by atoms with E-state index in [1.807, 2.05) is 26.0 Å². The number of anilines is 1. The second-order valence-electron chi connectivity index (χ2n) is 7.52. The summed E-state index contributed by atoms with van der Waals surface area (Å²) in [4.78, 5) is 38.7. The van der Waals surface area contributed by atoms with Crippen molar-refractivity contribution >= 4 is 23.3 Å². The Kier molecular flexibility index (Phi) is 5.13. The van der Waals surface area contributed by atoms with E-state index in [4.69, 9.17) is 9.47 Å². The molecular weight excluding hydrogens is 372 g/mol. The van der Waals surface area contributed by atoms with Gasteiger partial charge in [0, 0.05) is 23.0 Å². The lowest BCUT2D eigenvalue weighted by Crippen LogP contribution is -2.36. The van der Waals surface area contributed by atoms with Gasteiger partial charge < -0.3 is 14.0 Å². The second kappa shape index (κ2) is 7.73. The Bertz CT molecular complexity index is 974. The topological polar surface area (TPSA) is 77.8 Å². The van der Waals surface area contributed by atoms with Crippen molar-refractivity contribution < 1.29 is 23.9 Å². The number of benzene rings is 1. The van der Waals surface area contributed by atoms with Gasteiger partial charge in [0.25, 0.3) is 0 Å². The molecule has 0 unspecified atom stereocenters. The number of amides is 1. The monoisotopic (exact) mass is 396 g/mol. The number of ether oxygens (including phenoxy) is 2. The van der Waals surface area contributed by atoms with Gasteiger partial charge in [-0.1, -0.05) is 12.1 Å². The molecule has 0 saturated heterocycles. The van der Waals surface area contributed by atoms with Crippen molar-refractivity contribution in [3.05, 3.63) is 47.3 Å². The SMILES string of the molecule is Cc1cc(C(=O)COC(=O)CN2C(=O)CCOc3ccccc32)c(C)n1C1CC1. The fraction of sp³-hybridized carbons (Fsp3) is 0.409. The van der Waals surface area contributed by atoms with Crippen LogP contribution in [0.1, 0.15) is 47.1 Å². The minimum absolute atomic E-state index is 0.175. The molecule has 1 fully saturated rings. The Labute approximate surface area is 169 Å². The summed E-state index contributed by atoms with van der Waals surface area (Å²) in [6.45, 7) is 3.57. The zero-order valence-corrected chi connectivity index (χ0v) is 16.6. The Hall–Kier alpha value is -3.09. The molecule has 2 heterocycles. The number of ketones is 1. The van der Waals surface area contributed by atoms with Gasteiger partial charge in [-0.25, -0.2) is 0 Å². The van der Waals surface area contributed by atoms with E-state index in [1.54, 1.807) is 18.2 Å². The lowest BCUT2D eigenvalue weighted by Gasteiger charge is -2.20. The first-order valence-electron chi connectivity index (χ1n) is 9.85. The number of carbonyl (C=O) groups excluding carboxylic acids is 3. The van der Waals surface area contributed by atoms with Crippen molar-refractivity contribution in [3.8, 4) is 5.75 Å². The summed E-state index contributed by atoms with van der Waals surface area (Å²) in [7, 11) is 0. The maximum atomic E-state index is 12.6. The zero-order valence-electron chi connectivity index (χ0n) is 16.6. The van der Waals surface area contributed by atoms with Gasteiger partial charge in [0.2, 0.25) is 11.7 Å². The molecule has 0 atom stereocenters. The molecule has 0 bridgehead atoms. The fourth-order valence-electron chi connectivity index (χ4n) is 3.85. The standard InChI is InChI=1S/C22H24N2O5/c1-14-11-17(15(2)24(14)16-7-8-16)19(25)13-29-22(27)12-23-18-5-3-4-6-20(18)28-10-9-21(23)26/h3-6,11,16H,7-10,12-13H2,1-2H3. The van der Waals surface area contributed by atoms with Gasteiger partial charge in [0.15, 0.2) is 6.61 Å². The molecule has 1 aliphatic heterocycles. The molecule has 2 aromatic rings. The third-order valence-corrected chi connectivity index (χ3v) is 5.38. The quantitative estimate of drug-likeness (QED) is 0.554. The van der Waals surface area contributed by atoms with E-state index < -0.39 is 5.97 Å². The summed E-state index contributed by atoms with van der Waals surface area (Å²) in [5, 5.41) is 0. The van der Waals surface area contributed by atoms with Crippen LogP contribution >= 0.6 is 0 Å². The van der Waals surface area contributed by atoms with E-state index in [9.17, 15) is 14.4 Å². The van der Waals surface area contributed by atoms with Crippen molar-refractivity contribution in [2.75, 3.05) is 24.7 Å². The first kappa shape index (κ1) is 19.2. The molecule has 0 spiro atoms. The zero-order chi connectivity index (χ0) is 20.5. The normalized spacial score (nSPS) is 16.1. The fourth-order valence-corrected chi connectivity index (χ4v) is 3.85. The van der Waals surface area contributed by atoms with Gasteiger partial charge in [-0.2, -0.15) is 0 Å². The summed E-state index contributed by atoms with van der Waals surface area (Å²) >= 11 is 0. The van der Waals surface area contributed by atoms with E-state index in [0.717, 1.165) is 24.2 Å². The molecular formula is C22H24N2O5. The predicted molar refractivity (Wildman–Crippen MR) is 106 cm³/mol. The largest absolute Gasteiger partial charge is 0.491 e. The summed E-state index contributed by atoms with van der Waals surface area (Å²) in [5.74, 6) is -0.523. The van der Waals surface area contributed by atoms with Crippen LogP contribution in [0, 0.1) is 13.8 Å². The first-order chi connectivity index (χ1) is 14.0. The number of aryl methyl sites for hydroxylation is 1. The predicted octanol–water partition coefficient (Wildman–Crippen LogP) is 2.98. The van der Waals surface area contributed by atoms with Crippen molar-refractivity contribution in [1.82, 2.24) is 4.57 Å². The Balaban J connectivity index is 1.41. The summed E-state index contributed by atoms with van der Waals surface area (Å²) in [6, 6.07) is 9.40. The van der Waals surface area contributed by atoms with Crippen LogP contribution in [0.5, 0.6) is 5.75 Å². The highest BCUT2D eigenvalue weighted by atomic mass is 16.5. The average Bonchev–Trinajstić information content (AvgIpc) is 3.50. The highest BCUT2D eigenvalue weighted by Crippen LogP contribution is 2.38. The molecule has 152 valence electrons. The first-order valence-corrected chi connectivity index (χ1v) is 9.85. The molecule has 2 aliphatic rings. The number of fused-ring (bicyclic) bond motifs is 1. The maximum absolute atomic E-state index is 12.6. The Morgan fingerprint density at radius 2 is 1.97 bits per heavy atom. The summed E-state index contributed by atoms with van der Waals surface area (Å²) < 4.78 is 13.0. The molecule has 0 N–H and O–H groups in total. The van der Waals surface area contributed by atoms with Crippen LogP contribution in [0.2, 0.25) is 0 Å². The lowest BCUT2D eigenvalue weighted by atomic mass is 10.1. The molecule has 0 radical (unpaired) electrons. The number of hydrogen-bond donors (Lipinski definition) is 0. The number of Topliss-reactive ketones (excluding diaryl/α,β-unsaturated/α-hetero) is 1. The van der Waals surface area contributed by atoms with Crippen molar-refractivity contribution in [2.24, 2.45) is 0 Å². The van der Waals surface area contributed by atoms with Gasteiger partial charge in [0.1, 0.15) is 12.3 Å². The van der Waals surface area contributed by atoms with E-state index >= 15 is 0 Å². The smallest absolute Gasteiger partial charge is 0.326 e. The van der Waals surface area contributed by atoms with Gasteiger partial charge in [-0.15, -0.1) is 0 Å². The van der Waals surface area contributed by atoms with E-state index in [2.05, 4.69) is 4.57 Å². The third kappa shape index (κ3) is 3.90. The van der Waals surface area contributed by atoms with E-state index in [0.29, 0.717) is 23.0 Å². The average molecular weight is 396 g/mol. The molecule has 1 aliphatic carbocycles. The summed E-state index contributed by atoms with van der Waals surface area (Å²) in [6.07, 6.45) is 2.44. The van der Waals surface area contributed by atoms with Gasteiger partial charge in [-0.3, -0.25) is 19.3 Å². The molecule has 7 nitrogen and oxygen atoms in total. The molecule has 7 heteroatoms. The highest BCUT2D eigenvalue weighted by molar-refractivity contribution is 6.01. The van der Waals surface area contributed by atoms with Gasteiger partial charge >= 0.3 is 5.97 Å². The molecule has 29 heavy (non-hydrogen) atoms. The van der Waals surface area contributed by atoms with Crippen LogP contribution in [-0.4, -0.2) is 42.0 Å². The number of para-hydroxylation sites is 2. The number of hydrogen-bond acceptors (Lipinski definition) is 5. The van der Waals surface area contributed by atoms with Crippen LogP contribution < -0.4 is 9.64 Å². The van der Waals surface area contributed by atoms with Crippen molar-refractivity contribution in [1.29, 1.82) is 0 Å². The highest BCUT2D eigenvalue weighted by Gasteiger charge is 2.29. The molecule has 1 saturated carbocycles. The Morgan fingerprint density at radius 3 is 2.72 bits per heavy atom. The molecule has 4 rings (SSSR count). The summed E-state index contributed by atoms with van der Waals surface area (Å²) in [5.41, 5.74) is 3.09. The molecule has 1 aromatic carbocycles. The van der Waals surface area contributed by atoms with Crippen LogP contribution in [-0.2, 0) is 14.3 Å². The van der Waals surface area contributed by atoms with Crippen LogP contribution in [0.15, 0.2) is 30.3 Å². The number of esters is 1. The van der Waals surface area contributed by atoms with Crippen LogP contribution in [0.25, 0.3) is 0 Å². The molecule has 1 aromatic heterocycles. The van der Waals surface area contributed by atoms with Gasteiger partial charge in [0.05, 0.1) is 18.7 Å². The van der Waals surface area contributed by atoms with Gasteiger partial charge in [-0.05, 0) is 44.9 Å². The number of rotatable bonds is 6. The molecule has 1 amide bonds. The second-order valence-corrected chi connectivity index (χ2v) is 7.52. The van der Waals surface area contributed by atoms with Crippen LogP contribution in [0.4, 0.5) is 5.69 Å². The maximum Gasteiger partial charge on any atom is 0.326 e. The van der Waals surface area contributed by atoms with E-state index in [1.165, 1.54) is 4.90 Å². The van der Waals surface area contributed by atoms with Crippen molar-refractivity contribution in [2.45, 2.75) is 39.2 Å². The number of nitrogens with zero attached hydrogens (tertiary/aromatic N) is 2. The minimum atomic E-state index is -0.626. The van der Waals surface area contributed by atoms with Crippen molar-refractivity contribution in [3.63, 3.8) is 0 Å². The number of carbonyl (C=O) groups is 3. The number of aromatic nitrogens is 1. The van der Waals surface area contributed by atoms with E-state index in [-0.39, 0.29) is 37.9 Å². The Morgan fingerprint density at radius 1 is 1.21 bits per heavy atom. The minimum Gasteiger partial charge on any atom is -0.491 e.